The van der Waals surface area contributed by atoms with Crippen LogP contribution in [0.3, 0.4) is 0 Å². The number of likely N-dealkylation sites (N-methyl/N-ethyl adjacent to an activating group) is 1. The van der Waals surface area contributed by atoms with Crippen molar-refractivity contribution in [1.29, 1.82) is 0 Å². The first-order valence-corrected chi connectivity index (χ1v) is 13.5. The Balaban J connectivity index is 0.000000307. The van der Waals surface area contributed by atoms with Crippen molar-refractivity contribution in [2.75, 3.05) is 33.2 Å². The Morgan fingerprint density at radius 1 is 0.784 bits per heavy atom. The van der Waals surface area contributed by atoms with Crippen LogP contribution in [0.15, 0.2) is 84.9 Å². The molecule has 3 saturated heterocycles. The average Bonchev–Trinajstić information content (AvgIpc) is 2.87. The Hall–Kier alpha value is -2.98. The molecule has 0 amide bonds. The topological polar surface area (TPSA) is 60.4 Å². The number of quaternary nitrogens is 1. The third kappa shape index (κ3) is 4.72. The Morgan fingerprint density at radius 3 is 1.73 bits per heavy atom. The number of hydrogen-bond acceptors (Lipinski definition) is 4. The molecule has 9 heteroatoms. The zero-order chi connectivity index (χ0) is 26.4. The van der Waals surface area contributed by atoms with Gasteiger partial charge in [-0.3, -0.25) is 4.90 Å². The number of rotatable bonds is 2. The maximum absolute atomic E-state index is 10.7. The number of piperazine rings is 3. The number of fused-ring (bicyclic) bond motifs is 5. The van der Waals surface area contributed by atoms with Gasteiger partial charge in [0.05, 0.1) is 26.2 Å². The first-order valence-electron chi connectivity index (χ1n) is 12.1. The van der Waals surface area contributed by atoms with Gasteiger partial charge in [0.1, 0.15) is 6.04 Å². The summed E-state index contributed by atoms with van der Waals surface area (Å²) in [4.78, 5) is 2.75. The van der Waals surface area contributed by atoms with Crippen LogP contribution in [0.4, 0.5) is 13.2 Å². The quantitative estimate of drug-likeness (QED) is 0.193. The van der Waals surface area contributed by atoms with Crippen molar-refractivity contribution < 1.29 is 30.6 Å². The molecule has 5 nitrogen and oxygen atoms in total. The molecule has 0 unspecified atom stereocenters. The van der Waals surface area contributed by atoms with Gasteiger partial charge >= 0.3 is 5.51 Å². The Bertz CT molecular complexity index is 1540. The molecule has 0 N–H and O–H groups in total. The fraction of sp³-hybridized carbons (Fsp3) is 0.286. The SMILES string of the molecule is C[N+]12CCN(CC1)[C@H](c1cccc3ccccc13)[C@@H]2c1cccc2ccccc12.O=S(=O)([O-])C(F)(F)F. The molecule has 0 saturated carbocycles. The van der Waals surface area contributed by atoms with Gasteiger partial charge in [-0.25, -0.2) is 8.42 Å². The molecule has 0 aromatic heterocycles. The smallest absolute Gasteiger partial charge is 0.485 e. The largest absolute Gasteiger partial charge is 0.741 e. The van der Waals surface area contributed by atoms with Gasteiger partial charge in [0, 0.05) is 18.7 Å². The standard InChI is InChI=1S/C27H27N2.CHF3O3S/c1-29-18-16-28(17-19-29)26(24-14-6-10-20-8-2-4-12-22(20)24)27(29)25-15-7-11-21-9-3-5-13-23(21)25;2-1(3,4)8(5,6)7/h2-15,26-27H,16-19H2,1H3;(H,5,6,7)/q+1;/p-1/t26-,27+;/m1./s1. The van der Waals surface area contributed by atoms with Gasteiger partial charge in [-0.1, -0.05) is 84.9 Å². The average molecular weight is 529 g/mol. The fourth-order valence-corrected chi connectivity index (χ4v) is 5.92. The van der Waals surface area contributed by atoms with Crippen LogP contribution >= 0.6 is 0 Å². The van der Waals surface area contributed by atoms with Gasteiger partial charge in [-0.05, 0) is 27.1 Å². The highest BCUT2D eigenvalue weighted by atomic mass is 32.2. The summed E-state index contributed by atoms with van der Waals surface area (Å²) < 4.78 is 60.0. The minimum absolute atomic E-state index is 0.416. The predicted octanol–water partition coefficient (Wildman–Crippen LogP) is 5.60. The van der Waals surface area contributed by atoms with Gasteiger partial charge in [-0.2, -0.15) is 13.2 Å². The van der Waals surface area contributed by atoms with E-state index in [1.165, 1.54) is 58.9 Å². The molecule has 37 heavy (non-hydrogen) atoms. The maximum Gasteiger partial charge on any atom is 0.485 e. The summed E-state index contributed by atoms with van der Waals surface area (Å²) in [6.07, 6.45) is 0. The van der Waals surface area contributed by atoms with Crippen LogP contribution in [0.5, 0.6) is 0 Å². The first-order chi connectivity index (χ1) is 17.5. The number of halogens is 3. The highest BCUT2D eigenvalue weighted by molar-refractivity contribution is 7.86. The van der Waals surface area contributed by atoms with Crippen molar-refractivity contribution in [3.8, 4) is 0 Å². The van der Waals surface area contributed by atoms with Crippen LogP contribution in [0.25, 0.3) is 21.5 Å². The van der Waals surface area contributed by atoms with Gasteiger partial charge in [0.25, 0.3) is 0 Å². The van der Waals surface area contributed by atoms with Crippen molar-refractivity contribution in [3.05, 3.63) is 96.1 Å². The minimum Gasteiger partial charge on any atom is -0.741 e. The van der Waals surface area contributed by atoms with Crippen LogP contribution in [0, 0.1) is 0 Å². The zero-order valence-corrected chi connectivity index (χ0v) is 21.0. The van der Waals surface area contributed by atoms with E-state index >= 15 is 0 Å². The number of hydrogen-bond donors (Lipinski definition) is 0. The van der Waals surface area contributed by atoms with E-state index in [2.05, 4.69) is 96.9 Å². The second-order valence-corrected chi connectivity index (χ2v) is 11.3. The lowest BCUT2D eigenvalue weighted by molar-refractivity contribution is -0.958. The number of alkyl halides is 3. The molecule has 3 aliphatic rings. The lowest BCUT2D eigenvalue weighted by Crippen LogP contribution is -2.67. The third-order valence-corrected chi connectivity index (χ3v) is 8.29. The summed E-state index contributed by atoms with van der Waals surface area (Å²) in [6, 6.07) is 32.4. The maximum atomic E-state index is 10.7. The van der Waals surface area contributed by atoms with E-state index in [0.29, 0.717) is 12.1 Å². The van der Waals surface area contributed by atoms with Gasteiger partial charge in [0.15, 0.2) is 10.1 Å². The molecule has 3 aliphatic heterocycles. The van der Waals surface area contributed by atoms with Gasteiger partial charge in [-0.15, -0.1) is 0 Å². The Labute approximate surface area is 214 Å². The van der Waals surface area contributed by atoms with Crippen LogP contribution in [0.1, 0.15) is 23.2 Å². The third-order valence-electron chi connectivity index (χ3n) is 7.73. The molecule has 3 heterocycles. The molecule has 0 radical (unpaired) electrons. The molecular weight excluding hydrogens is 501 g/mol. The predicted molar refractivity (Wildman–Crippen MR) is 137 cm³/mol. The molecule has 2 bridgehead atoms. The summed E-state index contributed by atoms with van der Waals surface area (Å²) in [6.45, 7) is 4.83. The Morgan fingerprint density at radius 2 is 1.22 bits per heavy atom. The molecule has 4 aromatic rings. The number of benzene rings is 4. The monoisotopic (exact) mass is 528 g/mol. The van der Waals surface area contributed by atoms with E-state index in [-0.39, 0.29) is 0 Å². The molecule has 3 fully saturated rings. The second kappa shape index (κ2) is 9.40. The first kappa shape index (κ1) is 25.7. The van der Waals surface area contributed by atoms with Crippen molar-refractivity contribution in [1.82, 2.24) is 4.90 Å². The summed E-state index contributed by atoms with van der Waals surface area (Å²) in [5.41, 5.74) is -2.65. The van der Waals surface area contributed by atoms with Crippen molar-refractivity contribution >= 4 is 31.7 Å². The highest BCUT2D eigenvalue weighted by Gasteiger charge is 2.52. The normalized spacial score (nSPS) is 25.6. The minimum atomic E-state index is -6.09. The molecule has 0 aliphatic carbocycles. The number of nitrogens with zero attached hydrogens (tertiary/aromatic N) is 2. The van der Waals surface area contributed by atoms with Crippen molar-refractivity contribution in [3.63, 3.8) is 0 Å². The lowest BCUT2D eigenvalue weighted by atomic mass is 9.81. The summed E-state index contributed by atoms with van der Waals surface area (Å²) in [5, 5.41) is 5.52. The van der Waals surface area contributed by atoms with Gasteiger partial charge in [0.2, 0.25) is 0 Å². The molecule has 0 spiro atoms. The van der Waals surface area contributed by atoms with Crippen LogP contribution in [0.2, 0.25) is 0 Å². The van der Waals surface area contributed by atoms with Crippen LogP contribution in [-0.4, -0.2) is 61.1 Å². The molecule has 2 atom stereocenters. The second-order valence-electron chi connectivity index (χ2n) is 9.89. The molecular formula is C28H27F3N2O3S. The van der Waals surface area contributed by atoms with E-state index in [4.69, 9.17) is 13.0 Å². The summed E-state index contributed by atoms with van der Waals surface area (Å²) in [7, 11) is -3.60. The van der Waals surface area contributed by atoms with Crippen LogP contribution < -0.4 is 0 Å². The Kier molecular flexibility index (Phi) is 6.52. The summed E-state index contributed by atoms with van der Waals surface area (Å²) >= 11 is 0. The molecule has 7 rings (SSSR count). The van der Waals surface area contributed by atoms with Gasteiger partial charge < -0.3 is 9.04 Å². The highest BCUT2D eigenvalue weighted by Crippen LogP contribution is 2.50. The molecule has 194 valence electrons. The zero-order valence-electron chi connectivity index (χ0n) is 20.2. The fourth-order valence-electron chi connectivity index (χ4n) is 5.92. The van der Waals surface area contributed by atoms with Crippen molar-refractivity contribution in [2.45, 2.75) is 17.6 Å². The van der Waals surface area contributed by atoms with E-state index in [1.54, 1.807) is 0 Å². The van der Waals surface area contributed by atoms with E-state index in [0.717, 1.165) is 4.48 Å². The molecule has 4 aromatic carbocycles. The van der Waals surface area contributed by atoms with Crippen molar-refractivity contribution in [2.24, 2.45) is 0 Å². The lowest BCUT2D eigenvalue weighted by Gasteiger charge is -2.58. The van der Waals surface area contributed by atoms with E-state index < -0.39 is 15.6 Å². The van der Waals surface area contributed by atoms with E-state index in [1.807, 2.05) is 0 Å². The van der Waals surface area contributed by atoms with Crippen LogP contribution in [-0.2, 0) is 10.1 Å². The summed E-state index contributed by atoms with van der Waals surface area (Å²) in [5.74, 6) is 0. The van der Waals surface area contributed by atoms with E-state index in [9.17, 15) is 13.2 Å².